The SMILES string of the molecule is CCOP(=O)(OCC)C(Nc1cccc([N+](=O)[O-])c1)c1ccc(OC)cc1OC. The van der Waals surface area contributed by atoms with Crippen molar-refractivity contribution < 1.29 is 28.0 Å². The standard InChI is InChI=1S/C19H25N2O7P/c1-5-27-29(24,28-6-2)19(17-11-10-16(25-3)13-18(17)26-4)20-14-8-7-9-15(12-14)21(22)23/h7-13,19-20H,5-6H2,1-4H3. The predicted octanol–water partition coefficient (Wildman–Crippen LogP) is 4.99. The molecule has 0 saturated heterocycles. The number of nitro groups is 1. The molecule has 1 atom stereocenters. The van der Waals surface area contributed by atoms with Crippen molar-refractivity contribution in [3.8, 4) is 11.5 Å². The van der Waals surface area contributed by atoms with Crippen LogP contribution >= 0.6 is 7.60 Å². The minimum atomic E-state index is -3.72. The lowest BCUT2D eigenvalue weighted by Crippen LogP contribution is -2.16. The van der Waals surface area contributed by atoms with E-state index in [4.69, 9.17) is 18.5 Å². The van der Waals surface area contributed by atoms with Crippen LogP contribution < -0.4 is 14.8 Å². The Morgan fingerprint density at radius 3 is 2.31 bits per heavy atom. The molecule has 2 rings (SSSR count). The second-order valence-electron chi connectivity index (χ2n) is 5.84. The number of hydrogen-bond acceptors (Lipinski definition) is 8. The highest BCUT2D eigenvalue weighted by Gasteiger charge is 2.39. The summed E-state index contributed by atoms with van der Waals surface area (Å²) in [6, 6.07) is 10.9. The fourth-order valence-corrected chi connectivity index (χ4v) is 4.74. The smallest absolute Gasteiger partial charge is 0.357 e. The lowest BCUT2D eigenvalue weighted by atomic mass is 10.1. The van der Waals surface area contributed by atoms with E-state index < -0.39 is 18.3 Å². The summed E-state index contributed by atoms with van der Waals surface area (Å²) in [5.41, 5.74) is 0.796. The summed E-state index contributed by atoms with van der Waals surface area (Å²) in [6.07, 6.45) is 0. The number of non-ortho nitro benzene ring substituents is 1. The van der Waals surface area contributed by atoms with E-state index in [2.05, 4.69) is 5.32 Å². The van der Waals surface area contributed by atoms with Crippen molar-refractivity contribution in [1.82, 2.24) is 0 Å². The maximum absolute atomic E-state index is 13.6. The summed E-state index contributed by atoms with van der Waals surface area (Å²) in [6.45, 7) is 3.73. The molecule has 158 valence electrons. The number of nitrogens with one attached hydrogen (secondary N) is 1. The first-order valence-corrected chi connectivity index (χ1v) is 10.6. The quantitative estimate of drug-likeness (QED) is 0.305. The van der Waals surface area contributed by atoms with Gasteiger partial charge in [0.25, 0.3) is 5.69 Å². The molecule has 0 amide bonds. The molecule has 0 fully saturated rings. The average Bonchev–Trinajstić information content (AvgIpc) is 2.72. The molecule has 2 aromatic carbocycles. The Morgan fingerprint density at radius 2 is 1.76 bits per heavy atom. The van der Waals surface area contributed by atoms with Gasteiger partial charge in [0, 0.05) is 29.4 Å². The number of methoxy groups -OCH3 is 2. The van der Waals surface area contributed by atoms with E-state index in [-0.39, 0.29) is 18.9 Å². The predicted molar refractivity (Wildman–Crippen MR) is 110 cm³/mol. The van der Waals surface area contributed by atoms with Gasteiger partial charge in [0.05, 0.1) is 32.4 Å². The minimum Gasteiger partial charge on any atom is -0.497 e. The second kappa shape index (κ2) is 10.2. The summed E-state index contributed by atoms with van der Waals surface area (Å²) in [5.74, 6) is -0.000441. The Morgan fingerprint density at radius 1 is 1.07 bits per heavy atom. The lowest BCUT2D eigenvalue weighted by Gasteiger charge is -2.29. The van der Waals surface area contributed by atoms with Gasteiger partial charge in [-0.15, -0.1) is 0 Å². The number of nitrogens with zero attached hydrogens (tertiary/aromatic N) is 1. The normalized spacial score (nSPS) is 12.3. The van der Waals surface area contributed by atoms with E-state index in [9.17, 15) is 14.7 Å². The van der Waals surface area contributed by atoms with E-state index >= 15 is 0 Å². The Balaban J connectivity index is 2.59. The van der Waals surface area contributed by atoms with Crippen LogP contribution in [0.2, 0.25) is 0 Å². The Bertz CT molecular complexity index is 881. The molecule has 0 aliphatic rings. The summed E-state index contributed by atoms with van der Waals surface area (Å²) < 4.78 is 35.4. The fraction of sp³-hybridized carbons (Fsp3) is 0.368. The van der Waals surface area contributed by atoms with Crippen LogP contribution in [0.15, 0.2) is 42.5 Å². The maximum atomic E-state index is 13.6. The van der Waals surface area contributed by atoms with Gasteiger partial charge in [0.1, 0.15) is 11.5 Å². The van der Waals surface area contributed by atoms with Crippen LogP contribution in [-0.2, 0) is 13.6 Å². The van der Waals surface area contributed by atoms with E-state index in [0.29, 0.717) is 22.7 Å². The molecule has 0 aliphatic heterocycles. The first kappa shape index (κ1) is 22.7. The second-order valence-corrected chi connectivity index (χ2v) is 7.95. The summed E-state index contributed by atoms with van der Waals surface area (Å²) >= 11 is 0. The first-order valence-electron chi connectivity index (χ1n) is 9.00. The molecule has 29 heavy (non-hydrogen) atoms. The number of ether oxygens (including phenoxy) is 2. The Kier molecular flexibility index (Phi) is 8.01. The Hall–Kier alpha value is -2.61. The van der Waals surface area contributed by atoms with Gasteiger partial charge in [-0.1, -0.05) is 6.07 Å². The maximum Gasteiger partial charge on any atom is 0.357 e. The molecular weight excluding hydrogens is 399 g/mol. The van der Waals surface area contributed by atoms with Crippen molar-refractivity contribution in [2.75, 3.05) is 32.8 Å². The van der Waals surface area contributed by atoms with Crippen molar-refractivity contribution in [2.45, 2.75) is 19.6 Å². The molecule has 0 aromatic heterocycles. The molecule has 0 spiro atoms. The highest BCUT2D eigenvalue weighted by Crippen LogP contribution is 2.62. The van der Waals surface area contributed by atoms with Gasteiger partial charge in [0.15, 0.2) is 5.78 Å². The number of benzene rings is 2. The average molecular weight is 424 g/mol. The topological polar surface area (TPSA) is 109 Å². The van der Waals surface area contributed by atoms with E-state index in [1.165, 1.54) is 32.4 Å². The van der Waals surface area contributed by atoms with Crippen LogP contribution in [0.5, 0.6) is 11.5 Å². The van der Waals surface area contributed by atoms with Gasteiger partial charge in [-0.05, 0) is 32.0 Å². The lowest BCUT2D eigenvalue weighted by molar-refractivity contribution is -0.384. The number of rotatable bonds is 11. The molecule has 0 aliphatic carbocycles. The van der Waals surface area contributed by atoms with E-state index in [0.717, 1.165) is 0 Å². The van der Waals surface area contributed by atoms with Gasteiger partial charge in [-0.3, -0.25) is 14.7 Å². The third-order valence-electron chi connectivity index (χ3n) is 4.03. The van der Waals surface area contributed by atoms with Crippen LogP contribution in [0.25, 0.3) is 0 Å². The van der Waals surface area contributed by atoms with Gasteiger partial charge in [0.2, 0.25) is 0 Å². The number of hydrogen-bond donors (Lipinski definition) is 1. The van der Waals surface area contributed by atoms with E-state index in [1.54, 1.807) is 38.1 Å². The highest BCUT2D eigenvalue weighted by atomic mass is 31.2. The van der Waals surface area contributed by atoms with Crippen LogP contribution in [0.1, 0.15) is 25.2 Å². The Labute approximate surface area is 169 Å². The summed E-state index contributed by atoms with van der Waals surface area (Å²) in [7, 11) is -0.714. The fourth-order valence-electron chi connectivity index (χ4n) is 2.78. The van der Waals surface area contributed by atoms with E-state index in [1.807, 2.05) is 0 Å². The molecule has 0 radical (unpaired) electrons. The largest absolute Gasteiger partial charge is 0.497 e. The molecule has 10 heteroatoms. The summed E-state index contributed by atoms with van der Waals surface area (Å²) in [4.78, 5) is 10.6. The zero-order chi connectivity index (χ0) is 21.4. The minimum absolute atomic E-state index is 0.0990. The summed E-state index contributed by atoms with van der Waals surface area (Å²) in [5, 5.41) is 14.2. The third kappa shape index (κ3) is 5.47. The van der Waals surface area contributed by atoms with Crippen molar-refractivity contribution in [3.05, 3.63) is 58.1 Å². The third-order valence-corrected chi connectivity index (χ3v) is 6.31. The number of nitro benzene ring substituents is 1. The van der Waals surface area contributed by atoms with Crippen LogP contribution in [-0.4, -0.2) is 32.4 Å². The van der Waals surface area contributed by atoms with Crippen molar-refractivity contribution in [3.63, 3.8) is 0 Å². The van der Waals surface area contributed by atoms with Crippen molar-refractivity contribution >= 4 is 19.0 Å². The zero-order valence-electron chi connectivity index (χ0n) is 16.8. The first-order chi connectivity index (χ1) is 13.9. The van der Waals surface area contributed by atoms with Gasteiger partial charge in [-0.25, -0.2) is 0 Å². The van der Waals surface area contributed by atoms with Gasteiger partial charge < -0.3 is 23.8 Å². The molecule has 1 N–H and O–H groups in total. The molecule has 0 heterocycles. The van der Waals surface area contributed by atoms with Crippen LogP contribution in [0, 0.1) is 10.1 Å². The monoisotopic (exact) mass is 424 g/mol. The molecule has 1 unspecified atom stereocenters. The molecular formula is C19H25N2O7P. The molecule has 0 bridgehead atoms. The van der Waals surface area contributed by atoms with Crippen molar-refractivity contribution in [1.29, 1.82) is 0 Å². The number of anilines is 1. The van der Waals surface area contributed by atoms with Crippen LogP contribution in [0.4, 0.5) is 11.4 Å². The molecule has 0 saturated carbocycles. The van der Waals surface area contributed by atoms with Crippen molar-refractivity contribution in [2.24, 2.45) is 0 Å². The molecule has 9 nitrogen and oxygen atoms in total. The zero-order valence-corrected chi connectivity index (χ0v) is 17.7. The van der Waals surface area contributed by atoms with Gasteiger partial charge in [-0.2, -0.15) is 0 Å². The molecule has 2 aromatic rings. The highest BCUT2D eigenvalue weighted by molar-refractivity contribution is 7.54. The van der Waals surface area contributed by atoms with Gasteiger partial charge >= 0.3 is 7.60 Å². The van der Waals surface area contributed by atoms with Crippen LogP contribution in [0.3, 0.4) is 0 Å².